The number of carboxylic acids is 1. The van der Waals surface area contributed by atoms with Gasteiger partial charge in [0.05, 0.1) is 29.2 Å². The maximum atomic E-state index is 12.7. The third kappa shape index (κ3) is 3.61. The number of carboxylic acid groups (broad SMARTS) is 1. The fraction of sp³-hybridized carbons (Fsp3) is 0.222. The van der Waals surface area contributed by atoms with Gasteiger partial charge in [0.1, 0.15) is 0 Å². The minimum Gasteiger partial charge on any atom is -0.478 e. The van der Waals surface area contributed by atoms with E-state index < -0.39 is 33.9 Å². The molecule has 2 aromatic carbocycles. The zero-order chi connectivity index (χ0) is 18.9. The van der Waals surface area contributed by atoms with Crippen LogP contribution < -0.4 is 5.32 Å². The Labute approximate surface area is 150 Å². The summed E-state index contributed by atoms with van der Waals surface area (Å²) in [5, 5.41) is 21.8. The van der Waals surface area contributed by atoms with E-state index in [0.29, 0.717) is 11.1 Å². The number of amides is 1. The number of benzene rings is 2. The minimum absolute atomic E-state index is 0.0521. The van der Waals surface area contributed by atoms with Crippen molar-refractivity contribution < 1.29 is 28.2 Å². The van der Waals surface area contributed by atoms with E-state index in [4.69, 9.17) is 0 Å². The quantitative estimate of drug-likeness (QED) is 0.731. The molecular weight excluding hydrogens is 358 g/mol. The molecule has 1 amide bonds. The van der Waals surface area contributed by atoms with E-state index in [9.17, 15) is 28.2 Å². The van der Waals surface area contributed by atoms with Gasteiger partial charge in [-0.15, -0.1) is 0 Å². The number of carbonyl (C=O) groups is 2. The third-order valence-corrected chi connectivity index (χ3v) is 5.97. The first kappa shape index (κ1) is 18.1. The molecule has 2 atom stereocenters. The lowest BCUT2D eigenvalue weighted by Gasteiger charge is -2.17. The van der Waals surface area contributed by atoms with Gasteiger partial charge in [-0.1, -0.05) is 36.4 Å². The summed E-state index contributed by atoms with van der Waals surface area (Å²) in [7, 11) is -3.40. The number of nitrogens with one attached hydrogen (secondary N) is 1. The average Bonchev–Trinajstić information content (AvgIpc) is 2.86. The summed E-state index contributed by atoms with van der Waals surface area (Å²) in [6.45, 7) is 0. The molecule has 0 spiro atoms. The average molecular weight is 375 g/mol. The zero-order valence-electron chi connectivity index (χ0n) is 13.6. The Bertz CT molecular complexity index is 969. The monoisotopic (exact) mass is 375 g/mol. The fourth-order valence-corrected chi connectivity index (χ4v) is 4.77. The molecular formula is C18H17NO6S. The van der Waals surface area contributed by atoms with Crippen LogP contribution in [0, 0.1) is 0 Å². The van der Waals surface area contributed by atoms with E-state index in [-0.39, 0.29) is 22.6 Å². The van der Waals surface area contributed by atoms with Crippen molar-refractivity contribution in [2.75, 3.05) is 11.5 Å². The van der Waals surface area contributed by atoms with Gasteiger partial charge in [-0.3, -0.25) is 4.79 Å². The predicted molar refractivity (Wildman–Crippen MR) is 94.8 cm³/mol. The summed E-state index contributed by atoms with van der Waals surface area (Å²) in [6.07, 6.45) is -1.16. The third-order valence-electron chi connectivity index (χ3n) is 4.26. The highest BCUT2D eigenvalue weighted by molar-refractivity contribution is 7.91. The summed E-state index contributed by atoms with van der Waals surface area (Å²) < 4.78 is 23.2. The van der Waals surface area contributed by atoms with Gasteiger partial charge in [0, 0.05) is 5.56 Å². The molecule has 0 saturated carbocycles. The van der Waals surface area contributed by atoms with Gasteiger partial charge in [0.2, 0.25) is 0 Å². The van der Waals surface area contributed by atoms with Crippen molar-refractivity contribution >= 4 is 21.7 Å². The first-order valence-corrected chi connectivity index (χ1v) is 9.72. The molecule has 2 aromatic rings. The van der Waals surface area contributed by atoms with Crippen LogP contribution in [0.3, 0.4) is 0 Å². The number of hydrogen-bond donors (Lipinski definition) is 3. The zero-order valence-corrected chi connectivity index (χ0v) is 14.4. The molecule has 1 heterocycles. The van der Waals surface area contributed by atoms with Gasteiger partial charge in [0.25, 0.3) is 5.91 Å². The van der Waals surface area contributed by atoms with Crippen LogP contribution >= 0.6 is 0 Å². The summed E-state index contributed by atoms with van der Waals surface area (Å²) in [5.74, 6) is -2.40. The van der Waals surface area contributed by atoms with Crippen LogP contribution in [0.5, 0.6) is 0 Å². The van der Waals surface area contributed by atoms with Crippen LogP contribution in [-0.2, 0) is 9.84 Å². The van der Waals surface area contributed by atoms with E-state index >= 15 is 0 Å². The number of aliphatic hydroxyl groups is 1. The Morgan fingerprint density at radius 1 is 0.923 bits per heavy atom. The van der Waals surface area contributed by atoms with Crippen molar-refractivity contribution in [3.63, 3.8) is 0 Å². The number of sulfone groups is 1. The maximum Gasteiger partial charge on any atom is 0.336 e. The molecule has 1 saturated heterocycles. The van der Waals surface area contributed by atoms with Crippen molar-refractivity contribution in [1.29, 1.82) is 0 Å². The Balaban J connectivity index is 1.96. The first-order valence-electron chi connectivity index (χ1n) is 7.89. The lowest BCUT2D eigenvalue weighted by Crippen LogP contribution is -2.42. The van der Waals surface area contributed by atoms with E-state index in [2.05, 4.69) is 5.32 Å². The summed E-state index contributed by atoms with van der Waals surface area (Å²) in [4.78, 5) is 24.1. The normalized spacial score (nSPS) is 21.3. The van der Waals surface area contributed by atoms with E-state index in [1.54, 1.807) is 36.4 Å². The van der Waals surface area contributed by atoms with Crippen LogP contribution in [0.4, 0.5) is 0 Å². The summed E-state index contributed by atoms with van der Waals surface area (Å²) in [5.41, 5.74) is 1.05. The number of aliphatic hydroxyl groups excluding tert-OH is 1. The molecule has 1 fully saturated rings. The second-order valence-corrected chi connectivity index (χ2v) is 8.27. The fourth-order valence-electron chi connectivity index (χ4n) is 3.03. The molecule has 26 heavy (non-hydrogen) atoms. The second-order valence-electron chi connectivity index (χ2n) is 6.12. The van der Waals surface area contributed by atoms with Crippen molar-refractivity contribution in [3.8, 4) is 11.1 Å². The van der Waals surface area contributed by atoms with E-state index in [1.807, 2.05) is 0 Å². The molecule has 1 aliphatic rings. The number of hydrogen-bond acceptors (Lipinski definition) is 5. The van der Waals surface area contributed by atoms with Gasteiger partial charge in [0.15, 0.2) is 9.84 Å². The number of rotatable bonds is 4. The smallest absolute Gasteiger partial charge is 0.336 e. The molecule has 0 aliphatic carbocycles. The van der Waals surface area contributed by atoms with Crippen LogP contribution in [-0.4, -0.2) is 54.2 Å². The van der Waals surface area contributed by atoms with Crippen molar-refractivity contribution in [2.45, 2.75) is 12.1 Å². The Morgan fingerprint density at radius 3 is 2.00 bits per heavy atom. The van der Waals surface area contributed by atoms with Crippen molar-refractivity contribution in [3.05, 3.63) is 59.7 Å². The summed E-state index contributed by atoms with van der Waals surface area (Å²) >= 11 is 0. The second kappa shape index (κ2) is 6.89. The Kier molecular flexibility index (Phi) is 4.80. The first-order chi connectivity index (χ1) is 12.3. The van der Waals surface area contributed by atoms with Crippen LogP contribution in [0.25, 0.3) is 11.1 Å². The van der Waals surface area contributed by atoms with Crippen molar-refractivity contribution in [1.82, 2.24) is 5.32 Å². The van der Waals surface area contributed by atoms with Crippen LogP contribution in [0.1, 0.15) is 20.7 Å². The highest BCUT2D eigenvalue weighted by Gasteiger charge is 2.37. The molecule has 0 aromatic heterocycles. The van der Waals surface area contributed by atoms with Gasteiger partial charge >= 0.3 is 5.97 Å². The Hall–Kier alpha value is -2.71. The molecule has 136 valence electrons. The topological polar surface area (TPSA) is 121 Å². The lowest BCUT2D eigenvalue weighted by atomic mass is 9.95. The SMILES string of the molecule is O=C(O)c1ccccc1-c1ccccc1C(=O)N[C@@H]1CS(=O)(=O)C[C@H]1O. The van der Waals surface area contributed by atoms with E-state index in [0.717, 1.165) is 0 Å². The molecule has 8 heteroatoms. The molecule has 0 radical (unpaired) electrons. The minimum atomic E-state index is -3.40. The van der Waals surface area contributed by atoms with Crippen LogP contribution in [0.15, 0.2) is 48.5 Å². The maximum absolute atomic E-state index is 12.7. The molecule has 3 rings (SSSR count). The molecule has 0 unspecified atom stereocenters. The lowest BCUT2D eigenvalue weighted by molar-refractivity contribution is 0.0697. The predicted octanol–water partition coefficient (Wildman–Crippen LogP) is 0.939. The van der Waals surface area contributed by atoms with Crippen molar-refractivity contribution in [2.24, 2.45) is 0 Å². The van der Waals surface area contributed by atoms with Crippen LogP contribution in [0.2, 0.25) is 0 Å². The van der Waals surface area contributed by atoms with Gasteiger partial charge in [-0.2, -0.15) is 0 Å². The number of carbonyl (C=O) groups excluding carboxylic acids is 1. The van der Waals surface area contributed by atoms with Gasteiger partial charge in [-0.05, 0) is 23.3 Å². The summed E-state index contributed by atoms with van der Waals surface area (Å²) in [6, 6.07) is 11.9. The standard InChI is InChI=1S/C18H17NO6S/c20-16-10-26(24,25)9-15(16)19-17(21)13-7-3-1-5-11(13)12-6-2-4-8-14(12)18(22)23/h1-8,15-16,20H,9-10H2,(H,19,21)(H,22,23)/t15-,16-/m1/s1. The highest BCUT2D eigenvalue weighted by Crippen LogP contribution is 2.27. The van der Waals surface area contributed by atoms with Gasteiger partial charge < -0.3 is 15.5 Å². The molecule has 0 bridgehead atoms. The van der Waals surface area contributed by atoms with Gasteiger partial charge in [-0.25, -0.2) is 13.2 Å². The molecule has 7 nitrogen and oxygen atoms in total. The Morgan fingerprint density at radius 2 is 1.46 bits per heavy atom. The molecule has 1 aliphatic heterocycles. The highest BCUT2D eigenvalue weighted by atomic mass is 32.2. The molecule has 3 N–H and O–H groups in total. The number of aromatic carboxylic acids is 1. The van der Waals surface area contributed by atoms with E-state index in [1.165, 1.54) is 12.1 Å². The largest absolute Gasteiger partial charge is 0.478 e.